The zero-order valence-corrected chi connectivity index (χ0v) is 13.3. The van der Waals surface area contributed by atoms with Gasteiger partial charge in [0.1, 0.15) is 0 Å². The zero-order valence-electron chi connectivity index (χ0n) is 11.1. The number of carbonyl (C=O) groups excluding carboxylic acids is 2. The molecule has 0 spiro atoms. The van der Waals surface area contributed by atoms with Gasteiger partial charge in [0.2, 0.25) is 11.8 Å². The van der Waals surface area contributed by atoms with Crippen LogP contribution in [0.4, 0.5) is 11.4 Å². The van der Waals surface area contributed by atoms with Crippen LogP contribution in [-0.4, -0.2) is 11.8 Å². The molecule has 0 saturated carbocycles. The van der Waals surface area contributed by atoms with Crippen LogP contribution in [0.3, 0.4) is 0 Å². The van der Waals surface area contributed by atoms with Crippen molar-refractivity contribution < 1.29 is 9.59 Å². The number of nitrogens with one attached hydrogen (secondary N) is 2. The predicted molar refractivity (Wildman–Crippen MR) is 90.2 cm³/mol. The minimum absolute atomic E-state index is 0.128. The Kier molecular flexibility index (Phi) is 3.92. The quantitative estimate of drug-likeness (QED) is 0.771. The number of anilines is 2. The van der Waals surface area contributed by atoms with Gasteiger partial charge in [-0.3, -0.25) is 9.59 Å². The van der Waals surface area contributed by atoms with Gasteiger partial charge in [-0.15, -0.1) is 0 Å². The summed E-state index contributed by atoms with van der Waals surface area (Å²) in [6.07, 6.45) is 0.174. The van der Waals surface area contributed by atoms with Gasteiger partial charge in [-0.25, -0.2) is 0 Å². The number of rotatable bonds is 2. The van der Waals surface area contributed by atoms with Crippen LogP contribution < -0.4 is 10.6 Å². The second kappa shape index (κ2) is 5.85. The van der Waals surface area contributed by atoms with Gasteiger partial charge in [-0.05, 0) is 58.5 Å². The van der Waals surface area contributed by atoms with Crippen LogP contribution >= 0.6 is 22.6 Å². The lowest BCUT2D eigenvalue weighted by molar-refractivity contribution is -0.123. The van der Waals surface area contributed by atoms with E-state index in [-0.39, 0.29) is 18.2 Å². The van der Waals surface area contributed by atoms with Gasteiger partial charge in [0.25, 0.3) is 0 Å². The molecule has 0 aliphatic carbocycles. The molecule has 0 radical (unpaired) electrons. The van der Waals surface area contributed by atoms with E-state index >= 15 is 0 Å². The third-order valence-electron chi connectivity index (χ3n) is 3.43. The van der Waals surface area contributed by atoms with Crippen LogP contribution in [0.2, 0.25) is 0 Å². The average Bonchev–Trinajstić information content (AvgIpc) is 2.48. The predicted octanol–water partition coefficient (Wildman–Crippen LogP) is 3.36. The lowest BCUT2D eigenvalue weighted by atomic mass is 9.90. The number of amides is 2. The van der Waals surface area contributed by atoms with Crippen LogP contribution in [-0.2, 0) is 9.59 Å². The van der Waals surface area contributed by atoms with Gasteiger partial charge in [0, 0.05) is 21.4 Å². The topological polar surface area (TPSA) is 58.2 Å². The van der Waals surface area contributed by atoms with E-state index in [9.17, 15) is 9.59 Å². The highest BCUT2D eigenvalue weighted by molar-refractivity contribution is 14.1. The van der Waals surface area contributed by atoms with Crippen LogP contribution in [0, 0.1) is 3.57 Å². The molecule has 0 fully saturated rings. The molecule has 1 heterocycles. The highest BCUT2D eigenvalue weighted by Gasteiger charge is 2.30. The van der Waals surface area contributed by atoms with E-state index in [2.05, 4.69) is 33.2 Å². The Balaban J connectivity index is 1.84. The third-order valence-corrected chi connectivity index (χ3v) is 4.15. The summed E-state index contributed by atoms with van der Waals surface area (Å²) in [6.45, 7) is 0. The Bertz CT molecular complexity index is 698. The van der Waals surface area contributed by atoms with Crippen molar-refractivity contribution in [1.29, 1.82) is 0 Å². The highest BCUT2D eigenvalue weighted by atomic mass is 127. The van der Waals surface area contributed by atoms with E-state index in [1.54, 1.807) is 0 Å². The van der Waals surface area contributed by atoms with Gasteiger partial charge in [-0.2, -0.15) is 0 Å². The van der Waals surface area contributed by atoms with Gasteiger partial charge < -0.3 is 10.6 Å². The minimum atomic E-state index is -0.450. The van der Waals surface area contributed by atoms with Crippen molar-refractivity contribution in [2.75, 3.05) is 10.6 Å². The summed E-state index contributed by atoms with van der Waals surface area (Å²) in [5.74, 6) is -0.732. The summed E-state index contributed by atoms with van der Waals surface area (Å²) in [6, 6.07) is 15.0. The summed E-state index contributed by atoms with van der Waals surface area (Å²) in [4.78, 5) is 24.2. The van der Waals surface area contributed by atoms with Gasteiger partial charge in [0.15, 0.2) is 0 Å². The molecule has 1 aliphatic rings. The number of hydrogen-bond donors (Lipinski definition) is 2. The van der Waals surface area contributed by atoms with Crippen molar-refractivity contribution in [3.63, 3.8) is 0 Å². The first-order chi connectivity index (χ1) is 10.1. The van der Waals surface area contributed by atoms with Crippen LogP contribution in [0.1, 0.15) is 17.9 Å². The fourth-order valence-electron chi connectivity index (χ4n) is 2.41. The summed E-state index contributed by atoms with van der Waals surface area (Å²) in [7, 11) is 0. The molecule has 2 N–H and O–H groups in total. The average molecular weight is 392 g/mol. The maximum absolute atomic E-state index is 12.5. The van der Waals surface area contributed by atoms with E-state index in [4.69, 9.17) is 0 Å². The van der Waals surface area contributed by atoms with Crippen LogP contribution in [0.15, 0.2) is 48.5 Å². The molecule has 0 aromatic heterocycles. The molecule has 2 amide bonds. The first-order valence-corrected chi connectivity index (χ1v) is 7.66. The molecule has 4 nitrogen and oxygen atoms in total. The molecule has 2 aromatic carbocycles. The van der Waals surface area contributed by atoms with Crippen molar-refractivity contribution in [3.05, 3.63) is 57.7 Å². The number of para-hydroxylation sites is 1. The van der Waals surface area contributed by atoms with E-state index in [0.717, 1.165) is 20.5 Å². The minimum Gasteiger partial charge on any atom is -0.326 e. The summed E-state index contributed by atoms with van der Waals surface area (Å²) >= 11 is 2.21. The Morgan fingerprint density at radius 1 is 1.14 bits per heavy atom. The Morgan fingerprint density at radius 2 is 1.86 bits per heavy atom. The zero-order chi connectivity index (χ0) is 14.8. The lowest BCUT2D eigenvalue weighted by Gasteiger charge is -2.24. The summed E-state index contributed by atoms with van der Waals surface area (Å²) in [5, 5.41) is 5.67. The maximum atomic E-state index is 12.5. The van der Waals surface area contributed by atoms with Gasteiger partial charge in [-0.1, -0.05) is 18.2 Å². The van der Waals surface area contributed by atoms with Crippen molar-refractivity contribution in [2.45, 2.75) is 12.3 Å². The monoisotopic (exact) mass is 392 g/mol. The Hall–Kier alpha value is -1.89. The van der Waals surface area contributed by atoms with Crippen molar-refractivity contribution >= 4 is 45.8 Å². The highest BCUT2D eigenvalue weighted by Crippen LogP contribution is 2.32. The molecule has 2 aromatic rings. The molecule has 0 bridgehead atoms. The smallest absolute Gasteiger partial charge is 0.232 e. The lowest BCUT2D eigenvalue weighted by Crippen LogP contribution is -2.30. The first-order valence-electron chi connectivity index (χ1n) is 6.59. The summed E-state index contributed by atoms with van der Waals surface area (Å²) < 4.78 is 1.10. The number of halogens is 1. The second-order valence-corrected chi connectivity index (χ2v) is 6.13. The van der Waals surface area contributed by atoms with Crippen molar-refractivity contribution in [1.82, 2.24) is 0 Å². The molecule has 106 valence electrons. The number of hydrogen-bond acceptors (Lipinski definition) is 2. The van der Waals surface area contributed by atoms with E-state index < -0.39 is 5.92 Å². The standard InChI is InChI=1S/C16H13IN2O2/c17-10-5-7-11(8-6-10)18-16(21)13-9-15(20)19-14-4-2-1-3-12(13)14/h1-8,13H,9H2,(H,18,21)(H,19,20). The Labute approximate surface area is 136 Å². The SMILES string of the molecule is O=C1CC(C(=O)Nc2ccc(I)cc2)c2ccccc2N1. The molecular weight excluding hydrogens is 379 g/mol. The molecule has 1 unspecified atom stereocenters. The number of fused-ring (bicyclic) bond motifs is 1. The second-order valence-electron chi connectivity index (χ2n) is 4.89. The first kappa shape index (κ1) is 14.1. The van der Waals surface area contributed by atoms with Crippen LogP contribution in [0.5, 0.6) is 0 Å². The maximum Gasteiger partial charge on any atom is 0.232 e. The molecule has 5 heteroatoms. The van der Waals surface area contributed by atoms with Gasteiger partial charge in [0.05, 0.1) is 5.92 Å². The van der Waals surface area contributed by atoms with Crippen molar-refractivity contribution in [3.8, 4) is 0 Å². The van der Waals surface area contributed by atoms with E-state index in [0.29, 0.717) is 0 Å². The van der Waals surface area contributed by atoms with E-state index in [1.807, 2.05) is 48.5 Å². The fraction of sp³-hybridized carbons (Fsp3) is 0.125. The van der Waals surface area contributed by atoms with Gasteiger partial charge >= 0.3 is 0 Å². The Morgan fingerprint density at radius 3 is 2.62 bits per heavy atom. The van der Waals surface area contributed by atoms with E-state index in [1.165, 1.54) is 0 Å². The van der Waals surface area contributed by atoms with Crippen LogP contribution in [0.25, 0.3) is 0 Å². The molecule has 3 rings (SSSR count). The number of benzene rings is 2. The third kappa shape index (κ3) is 3.07. The van der Waals surface area contributed by atoms with Crippen molar-refractivity contribution in [2.24, 2.45) is 0 Å². The normalized spacial score (nSPS) is 16.8. The molecule has 1 aliphatic heterocycles. The molecule has 21 heavy (non-hydrogen) atoms. The molecule has 1 atom stereocenters. The largest absolute Gasteiger partial charge is 0.326 e. The number of carbonyl (C=O) groups is 2. The summed E-state index contributed by atoms with van der Waals surface area (Å²) in [5.41, 5.74) is 2.32. The molecule has 0 saturated heterocycles. The molecular formula is C16H13IN2O2. The fourth-order valence-corrected chi connectivity index (χ4v) is 2.77.